The molecule has 6 heteroatoms. The third-order valence-electron chi connectivity index (χ3n) is 3.13. The molecule has 1 aliphatic heterocycles. The van der Waals surface area contributed by atoms with Crippen LogP contribution < -0.4 is 10.8 Å². The first-order chi connectivity index (χ1) is 8.10. The van der Waals surface area contributed by atoms with Gasteiger partial charge in [0.25, 0.3) is 0 Å². The predicted octanol–water partition coefficient (Wildman–Crippen LogP) is 0.289. The van der Waals surface area contributed by atoms with Crippen molar-refractivity contribution in [2.75, 3.05) is 19.7 Å². The Morgan fingerprint density at radius 3 is 2.59 bits per heavy atom. The van der Waals surface area contributed by atoms with E-state index in [-0.39, 0.29) is 5.91 Å². The molecular formula is C11H20N2O4. The van der Waals surface area contributed by atoms with Gasteiger partial charge in [0, 0.05) is 0 Å². The lowest BCUT2D eigenvalue weighted by atomic mass is 9.75. The van der Waals surface area contributed by atoms with Gasteiger partial charge in [-0.25, -0.2) is 10.3 Å². The summed E-state index contributed by atoms with van der Waals surface area (Å²) in [5.41, 5.74) is 1.86. The van der Waals surface area contributed by atoms with Crippen molar-refractivity contribution in [1.82, 2.24) is 10.8 Å². The second kappa shape index (κ2) is 6.56. The number of nitrogens with one attached hydrogen (secondary N) is 2. The number of hydrogen-bond donors (Lipinski definition) is 3. The van der Waals surface area contributed by atoms with E-state index in [1.807, 2.05) is 6.92 Å². The van der Waals surface area contributed by atoms with E-state index in [0.29, 0.717) is 0 Å². The Morgan fingerprint density at radius 2 is 2.06 bits per heavy atom. The molecule has 1 heterocycles. The van der Waals surface area contributed by atoms with E-state index in [9.17, 15) is 9.59 Å². The normalized spacial score (nSPS) is 18.6. The zero-order valence-corrected chi connectivity index (χ0v) is 10.1. The van der Waals surface area contributed by atoms with Crippen LogP contribution >= 0.6 is 0 Å². The number of aliphatic carboxylic acids is 1. The van der Waals surface area contributed by atoms with Crippen molar-refractivity contribution in [2.24, 2.45) is 5.41 Å². The molecule has 0 unspecified atom stereocenters. The van der Waals surface area contributed by atoms with Crippen LogP contribution in [0.25, 0.3) is 0 Å². The SMILES string of the molecule is CCCC1(C(=O)NOCC(=O)O)CCNCC1. The molecule has 0 aromatic heterocycles. The van der Waals surface area contributed by atoms with Gasteiger partial charge in [-0.2, -0.15) is 0 Å². The molecule has 0 saturated carbocycles. The van der Waals surface area contributed by atoms with Gasteiger partial charge in [-0.15, -0.1) is 0 Å². The molecule has 0 atom stereocenters. The zero-order valence-electron chi connectivity index (χ0n) is 10.1. The molecule has 1 amide bonds. The average Bonchev–Trinajstić information content (AvgIpc) is 2.30. The van der Waals surface area contributed by atoms with Crippen LogP contribution in [0.15, 0.2) is 0 Å². The van der Waals surface area contributed by atoms with Crippen LogP contribution in [0, 0.1) is 5.41 Å². The third kappa shape index (κ3) is 3.98. The maximum Gasteiger partial charge on any atom is 0.332 e. The average molecular weight is 244 g/mol. The minimum absolute atomic E-state index is 0.192. The highest BCUT2D eigenvalue weighted by Crippen LogP contribution is 2.34. The van der Waals surface area contributed by atoms with E-state index in [2.05, 4.69) is 15.6 Å². The third-order valence-corrected chi connectivity index (χ3v) is 3.13. The summed E-state index contributed by atoms with van der Waals surface area (Å²) in [4.78, 5) is 27.0. The van der Waals surface area contributed by atoms with Gasteiger partial charge < -0.3 is 10.4 Å². The molecule has 0 aromatic rings. The molecule has 0 radical (unpaired) electrons. The predicted molar refractivity (Wildman–Crippen MR) is 61.2 cm³/mol. The van der Waals surface area contributed by atoms with Crippen LogP contribution in [-0.4, -0.2) is 36.7 Å². The summed E-state index contributed by atoms with van der Waals surface area (Å²) in [5, 5.41) is 11.6. The van der Waals surface area contributed by atoms with Crippen molar-refractivity contribution in [1.29, 1.82) is 0 Å². The van der Waals surface area contributed by atoms with Crippen molar-refractivity contribution in [2.45, 2.75) is 32.6 Å². The van der Waals surface area contributed by atoms with Crippen molar-refractivity contribution < 1.29 is 19.5 Å². The molecule has 0 aromatic carbocycles. The van der Waals surface area contributed by atoms with Gasteiger partial charge >= 0.3 is 5.97 Å². The first-order valence-corrected chi connectivity index (χ1v) is 5.95. The van der Waals surface area contributed by atoms with Gasteiger partial charge in [0.2, 0.25) is 5.91 Å². The second-order valence-electron chi connectivity index (χ2n) is 4.39. The van der Waals surface area contributed by atoms with Gasteiger partial charge in [-0.1, -0.05) is 13.3 Å². The highest BCUT2D eigenvalue weighted by atomic mass is 16.7. The van der Waals surface area contributed by atoms with E-state index in [4.69, 9.17) is 5.11 Å². The van der Waals surface area contributed by atoms with Crippen LogP contribution in [-0.2, 0) is 14.4 Å². The number of carboxylic acids is 1. The molecule has 17 heavy (non-hydrogen) atoms. The number of rotatable bonds is 6. The van der Waals surface area contributed by atoms with Crippen LogP contribution in [0.5, 0.6) is 0 Å². The smallest absolute Gasteiger partial charge is 0.332 e. The molecule has 1 aliphatic rings. The van der Waals surface area contributed by atoms with Crippen molar-refractivity contribution in [3.05, 3.63) is 0 Å². The number of carbonyl (C=O) groups excluding carboxylic acids is 1. The Morgan fingerprint density at radius 1 is 1.41 bits per heavy atom. The first-order valence-electron chi connectivity index (χ1n) is 5.95. The van der Waals surface area contributed by atoms with Gasteiger partial charge in [-0.05, 0) is 32.4 Å². The van der Waals surface area contributed by atoms with Gasteiger partial charge in [0.1, 0.15) is 0 Å². The van der Waals surface area contributed by atoms with Crippen molar-refractivity contribution in [3.63, 3.8) is 0 Å². The number of hydroxylamine groups is 1. The van der Waals surface area contributed by atoms with Crippen LogP contribution in [0.2, 0.25) is 0 Å². The lowest BCUT2D eigenvalue weighted by Gasteiger charge is -2.35. The lowest BCUT2D eigenvalue weighted by molar-refractivity contribution is -0.154. The molecule has 1 saturated heterocycles. The molecule has 98 valence electrons. The molecule has 3 N–H and O–H groups in total. The van der Waals surface area contributed by atoms with Crippen LogP contribution in [0.1, 0.15) is 32.6 Å². The topological polar surface area (TPSA) is 87.7 Å². The number of carbonyl (C=O) groups is 2. The first kappa shape index (κ1) is 13.9. The molecular weight excluding hydrogens is 224 g/mol. The minimum Gasteiger partial charge on any atom is -0.479 e. The fourth-order valence-corrected chi connectivity index (χ4v) is 2.25. The highest BCUT2D eigenvalue weighted by Gasteiger charge is 2.38. The molecule has 1 rings (SSSR count). The van der Waals surface area contributed by atoms with Gasteiger partial charge in [0.05, 0.1) is 5.41 Å². The van der Waals surface area contributed by atoms with Gasteiger partial charge in [0.15, 0.2) is 6.61 Å². The van der Waals surface area contributed by atoms with E-state index < -0.39 is 18.0 Å². The minimum atomic E-state index is -1.10. The monoisotopic (exact) mass is 244 g/mol. The lowest BCUT2D eigenvalue weighted by Crippen LogP contribution is -2.47. The van der Waals surface area contributed by atoms with E-state index >= 15 is 0 Å². The largest absolute Gasteiger partial charge is 0.479 e. The van der Waals surface area contributed by atoms with Crippen LogP contribution in [0.3, 0.4) is 0 Å². The summed E-state index contributed by atoms with van der Waals surface area (Å²) in [5.74, 6) is -1.29. The Labute approximate surface area is 101 Å². The fourth-order valence-electron chi connectivity index (χ4n) is 2.25. The summed E-state index contributed by atoms with van der Waals surface area (Å²) in [6.45, 7) is 3.15. The van der Waals surface area contributed by atoms with E-state index in [0.717, 1.165) is 38.8 Å². The summed E-state index contributed by atoms with van der Waals surface area (Å²) in [7, 11) is 0. The maximum absolute atomic E-state index is 12.0. The Bertz CT molecular complexity index is 269. The fraction of sp³-hybridized carbons (Fsp3) is 0.818. The molecule has 0 bridgehead atoms. The highest BCUT2D eigenvalue weighted by molar-refractivity contribution is 5.82. The van der Waals surface area contributed by atoms with Crippen LogP contribution in [0.4, 0.5) is 0 Å². The summed E-state index contributed by atoms with van der Waals surface area (Å²) < 4.78 is 0. The Kier molecular flexibility index (Phi) is 5.37. The number of carboxylic acid groups (broad SMARTS) is 1. The number of hydrogen-bond acceptors (Lipinski definition) is 4. The summed E-state index contributed by atoms with van der Waals surface area (Å²) >= 11 is 0. The molecule has 0 spiro atoms. The summed E-state index contributed by atoms with van der Waals surface area (Å²) in [6.07, 6.45) is 3.26. The quantitative estimate of drug-likeness (QED) is 0.584. The maximum atomic E-state index is 12.0. The van der Waals surface area contributed by atoms with E-state index in [1.54, 1.807) is 0 Å². The standard InChI is InChI=1S/C11H20N2O4/c1-2-3-11(4-6-12-7-5-11)10(16)13-17-8-9(14)15/h12H,2-8H2,1H3,(H,13,16)(H,14,15). The second-order valence-corrected chi connectivity index (χ2v) is 4.39. The Balaban J connectivity index is 2.50. The molecule has 6 nitrogen and oxygen atoms in total. The van der Waals surface area contributed by atoms with Gasteiger partial charge in [-0.3, -0.25) is 9.63 Å². The summed E-state index contributed by atoms with van der Waals surface area (Å²) in [6, 6.07) is 0. The van der Waals surface area contributed by atoms with E-state index in [1.165, 1.54) is 0 Å². The Hall–Kier alpha value is -1.14. The molecule has 1 fully saturated rings. The number of piperidine rings is 1. The van der Waals surface area contributed by atoms with Crippen molar-refractivity contribution in [3.8, 4) is 0 Å². The molecule has 0 aliphatic carbocycles. The van der Waals surface area contributed by atoms with Crippen molar-refractivity contribution >= 4 is 11.9 Å². The number of amides is 1. The zero-order chi connectivity index (χ0) is 12.7.